The normalized spacial score (nSPS) is 20.8. The van der Waals surface area contributed by atoms with Crippen molar-refractivity contribution in [2.75, 3.05) is 36.9 Å². The number of para-hydroxylation sites is 1. The first kappa shape index (κ1) is 16.5. The summed E-state index contributed by atoms with van der Waals surface area (Å²) in [4.78, 5) is 10.4. The number of aliphatic hydroxyl groups excluding tert-OH is 1. The topological polar surface area (TPSA) is 84.5 Å². The molecule has 1 aliphatic rings. The second-order valence-corrected chi connectivity index (χ2v) is 6.37. The average molecular weight is 328 g/mol. The van der Waals surface area contributed by atoms with Gasteiger partial charge in [-0.15, -0.1) is 0 Å². The Morgan fingerprint density at radius 2 is 2.08 bits per heavy atom. The molecule has 1 aromatic heterocycles. The molecule has 128 valence electrons. The summed E-state index contributed by atoms with van der Waals surface area (Å²) in [6, 6.07) is 11.6. The maximum absolute atomic E-state index is 10.0. The van der Waals surface area contributed by atoms with Gasteiger partial charge in [-0.25, -0.2) is 4.98 Å². The minimum Gasteiger partial charge on any atom is -0.494 e. The van der Waals surface area contributed by atoms with Crippen LogP contribution in [0, 0.1) is 5.41 Å². The number of aliphatic hydroxyl groups is 1. The quantitative estimate of drug-likeness (QED) is 0.845. The van der Waals surface area contributed by atoms with Crippen LogP contribution in [0.3, 0.4) is 0 Å². The summed E-state index contributed by atoms with van der Waals surface area (Å²) in [7, 11) is 0. The standard InChI is InChI=1S/C18H24N4O2/c19-17-20-10-7-16(21-17)22-11-4-8-18(13-22,14-23)9-12-24-15-5-2-1-3-6-15/h1-3,5-7,10,23H,4,8-9,11-14H2,(H2,19,20,21)/t18-/m0/s1. The number of hydrogen-bond acceptors (Lipinski definition) is 6. The van der Waals surface area contributed by atoms with Crippen molar-refractivity contribution in [1.82, 2.24) is 9.97 Å². The molecule has 2 heterocycles. The summed E-state index contributed by atoms with van der Waals surface area (Å²) < 4.78 is 5.82. The third kappa shape index (κ3) is 3.94. The van der Waals surface area contributed by atoms with Gasteiger partial charge in [-0.1, -0.05) is 18.2 Å². The fourth-order valence-corrected chi connectivity index (χ4v) is 3.26. The van der Waals surface area contributed by atoms with Gasteiger partial charge in [-0.2, -0.15) is 4.98 Å². The molecule has 0 radical (unpaired) electrons. The molecule has 0 amide bonds. The molecule has 0 unspecified atom stereocenters. The average Bonchev–Trinajstić information content (AvgIpc) is 2.63. The van der Waals surface area contributed by atoms with Crippen LogP contribution in [0.5, 0.6) is 5.75 Å². The number of hydrogen-bond donors (Lipinski definition) is 2. The van der Waals surface area contributed by atoms with Gasteiger partial charge >= 0.3 is 0 Å². The van der Waals surface area contributed by atoms with E-state index in [1.165, 1.54) is 0 Å². The molecular formula is C18H24N4O2. The van der Waals surface area contributed by atoms with E-state index >= 15 is 0 Å². The molecule has 0 bridgehead atoms. The predicted molar refractivity (Wildman–Crippen MR) is 94.0 cm³/mol. The maximum Gasteiger partial charge on any atom is 0.221 e. The molecule has 2 aromatic rings. The van der Waals surface area contributed by atoms with Crippen LogP contribution in [-0.4, -0.2) is 41.4 Å². The minimum atomic E-state index is -0.174. The van der Waals surface area contributed by atoms with Gasteiger partial charge in [-0.3, -0.25) is 0 Å². The Morgan fingerprint density at radius 3 is 2.83 bits per heavy atom. The monoisotopic (exact) mass is 328 g/mol. The Bertz CT molecular complexity index is 652. The summed E-state index contributed by atoms with van der Waals surface area (Å²) >= 11 is 0. The summed E-state index contributed by atoms with van der Waals surface area (Å²) in [6.07, 6.45) is 4.47. The van der Waals surface area contributed by atoms with E-state index in [1.54, 1.807) is 6.20 Å². The van der Waals surface area contributed by atoms with Crippen LogP contribution in [0.4, 0.5) is 11.8 Å². The highest BCUT2D eigenvalue weighted by atomic mass is 16.5. The highest BCUT2D eigenvalue weighted by molar-refractivity contribution is 5.41. The largest absolute Gasteiger partial charge is 0.494 e. The molecule has 0 spiro atoms. The first-order chi connectivity index (χ1) is 11.7. The summed E-state index contributed by atoms with van der Waals surface area (Å²) in [6.45, 7) is 2.39. The lowest BCUT2D eigenvalue weighted by molar-refractivity contribution is 0.0792. The molecule has 1 fully saturated rings. The third-order valence-corrected chi connectivity index (χ3v) is 4.62. The van der Waals surface area contributed by atoms with Crippen LogP contribution in [0.2, 0.25) is 0 Å². The van der Waals surface area contributed by atoms with Crippen LogP contribution < -0.4 is 15.4 Å². The molecular weight excluding hydrogens is 304 g/mol. The van der Waals surface area contributed by atoms with Crippen molar-refractivity contribution in [2.24, 2.45) is 5.41 Å². The van der Waals surface area contributed by atoms with E-state index in [2.05, 4.69) is 14.9 Å². The van der Waals surface area contributed by atoms with Gasteiger partial charge < -0.3 is 20.5 Å². The Labute approximate surface area is 142 Å². The summed E-state index contributed by atoms with van der Waals surface area (Å²) in [5.74, 6) is 1.96. The van der Waals surface area contributed by atoms with E-state index in [0.29, 0.717) is 6.61 Å². The van der Waals surface area contributed by atoms with Crippen LogP contribution in [0.25, 0.3) is 0 Å². The van der Waals surface area contributed by atoms with Gasteiger partial charge in [0.2, 0.25) is 5.95 Å². The molecule has 6 heteroatoms. The lowest BCUT2D eigenvalue weighted by Gasteiger charge is -2.42. The minimum absolute atomic E-state index is 0.141. The van der Waals surface area contributed by atoms with E-state index < -0.39 is 0 Å². The fraction of sp³-hybridized carbons (Fsp3) is 0.444. The number of benzene rings is 1. The van der Waals surface area contributed by atoms with Crippen molar-refractivity contribution in [3.8, 4) is 5.75 Å². The second-order valence-electron chi connectivity index (χ2n) is 6.37. The van der Waals surface area contributed by atoms with Crippen LogP contribution in [0.1, 0.15) is 19.3 Å². The van der Waals surface area contributed by atoms with Crippen molar-refractivity contribution in [3.05, 3.63) is 42.6 Å². The SMILES string of the molecule is Nc1nccc(N2CCC[C@](CO)(CCOc3ccccc3)C2)n1. The van der Waals surface area contributed by atoms with E-state index in [-0.39, 0.29) is 18.0 Å². The number of ether oxygens (including phenoxy) is 1. The van der Waals surface area contributed by atoms with Gasteiger partial charge in [0.1, 0.15) is 11.6 Å². The Kier molecular flexibility index (Phi) is 5.15. The molecule has 1 atom stereocenters. The van der Waals surface area contributed by atoms with E-state index in [0.717, 1.165) is 43.9 Å². The number of nitrogens with zero attached hydrogens (tertiary/aromatic N) is 3. The fourth-order valence-electron chi connectivity index (χ4n) is 3.26. The van der Waals surface area contributed by atoms with Crippen LogP contribution in [0.15, 0.2) is 42.6 Å². The molecule has 24 heavy (non-hydrogen) atoms. The molecule has 0 aliphatic carbocycles. The van der Waals surface area contributed by atoms with Crippen molar-refractivity contribution >= 4 is 11.8 Å². The Morgan fingerprint density at radius 1 is 1.25 bits per heavy atom. The van der Waals surface area contributed by atoms with Crippen molar-refractivity contribution in [3.63, 3.8) is 0 Å². The van der Waals surface area contributed by atoms with Crippen LogP contribution >= 0.6 is 0 Å². The second kappa shape index (κ2) is 7.49. The molecule has 1 aliphatic heterocycles. The van der Waals surface area contributed by atoms with Gasteiger partial charge in [0, 0.05) is 24.7 Å². The van der Waals surface area contributed by atoms with Crippen molar-refractivity contribution in [2.45, 2.75) is 19.3 Å². The zero-order valence-electron chi connectivity index (χ0n) is 13.8. The van der Waals surface area contributed by atoms with Gasteiger partial charge in [-0.05, 0) is 37.5 Å². The highest BCUT2D eigenvalue weighted by Crippen LogP contribution is 2.35. The Balaban J connectivity index is 1.63. The molecule has 1 saturated heterocycles. The lowest BCUT2D eigenvalue weighted by Crippen LogP contribution is -2.46. The lowest BCUT2D eigenvalue weighted by atomic mass is 9.78. The predicted octanol–water partition coefficient (Wildman–Crippen LogP) is 2.11. The molecule has 3 N–H and O–H groups in total. The first-order valence-electron chi connectivity index (χ1n) is 8.33. The highest BCUT2D eigenvalue weighted by Gasteiger charge is 2.35. The number of aromatic nitrogens is 2. The van der Waals surface area contributed by atoms with Gasteiger partial charge in [0.05, 0.1) is 13.2 Å². The third-order valence-electron chi connectivity index (χ3n) is 4.62. The number of anilines is 2. The Hall–Kier alpha value is -2.34. The molecule has 1 aromatic carbocycles. The van der Waals surface area contributed by atoms with E-state index in [1.807, 2.05) is 36.4 Å². The first-order valence-corrected chi connectivity index (χ1v) is 8.33. The maximum atomic E-state index is 10.0. The van der Waals surface area contributed by atoms with E-state index in [9.17, 15) is 5.11 Å². The smallest absolute Gasteiger partial charge is 0.221 e. The summed E-state index contributed by atoms with van der Waals surface area (Å²) in [5, 5.41) is 10.0. The number of piperidine rings is 1. The van der Waals surface area contributed by atoms with Gasteiger partial charge in [0.15, 0.2) is 0 Å². The van der Waals surface area contributed by atoms with E-state index in [4.69, 9.17) is 10.5 Å². The number of nitrogens with two attached hydrogens (primary N) is 1. The van der Waals surface area contributed by atoms with Crippen molar-refractivity contribution < 1.29 is 9.84 Å². The molecule has 0 saturated carbocycles. The van der Waals surface area contributed by atoms with Crippen LogP contribution in [-0.2, 0) is 0 Å². The zero-order valence-corrected chi connectivity index (χ0v) is 13.8. The zero-order chi connectivity index (χ0) is 16.8. The molecule has 3 rings (SSSR count). The molecule has 6 nitrogen and oxygen atoms in total. The van der Waals surface area contributed by atoms with Gasteiger partial charge in [0.25, 0.3) is 0 Å². The number of rotatable bonds is 6. The number of nitrogen functional groups attached to an aromatic ring is 1. The summed E-state index contributed by atoms with van der Waals surface area (Å²) in [5.41, 5.74) is 5.52. The van der Waals surface area contributed by atoms with Crippen molar-refractivity contribution in [1.29, 1.82) is 0 Å².